The van der Waals surface area contributed by atoms with Crippen molar-refractivity contribution in [1.82, 2.24) is 4.98 Å². The summed E-state index contributed by atoms with van der Waals surface area (Å²) in [6.45, 7) is 3.93. The van der Waals surface area contributed by atoms with Crippen LogP contribution >= 0.6 is 11.6 Å². The summed E-state index contributed by atoms with van der Waals surface area (Å²) in [6.07, 6.45) is 1.02. The number of pyridine rings is 1. The van der Waals surface area contributed by atoms with E-state index in [9.17, 15) is 4.79 Å². The highest BCUT2D eigenvalue weighted by Crippen LogP contribution is 2.27. The highest BCUT2D eigenvalue weighted by atomic mass is 35.5. The molecule has 0 amide bonds. The number of ether oxygens (including phenoxy) is 1. The molecule has 2 rings (SSSR count). The zero-order valence-electron chi connectivity index (χ0n) is 11.3. The minimum atomic E-state index is -0.203. The maximum atomic E-state index is 11.2. The minimum Gasteiger partial charge on any atom is -0.469 e. The minimum absolute atomic E-state index is 0.203. The molecular weight excluding hydrogens is 262 g/mol. The molecule has 0 aliphatic carbocycles. The number of halogens is 1. The van der Waals surface area contributed by atoms with Gasteiger partial charge in [-0.25, -0.2) is 0 Å². The van der Waals surface area contributed by atoms with Crippen LogP contribution in [-0.2, 0) is 16.0 Å². The van der Waals surface area contributed by atoms with E-state index in [4.69, 9.17) is 11.6 Å². The quantitative estimate of drug-likeness (QED) is 0.805. The molecule has 3 nitrogen and oxygen atoms in total. The summed E-state index contributed by atoms with van der Waals surface area (Å²) in [7, 11) is 1.40. The number of aromatic nitrogens is 1. The zero-order chi connectivity index (χ0) is 14.0. The van der Waals surface area contributed by atoms with Gasteiger partial charge < -0.3 is 4.74 Å². The van der Waals surface area contributed by atoms with Gasteiger partial charge in [-0.05, 0) is 43.5 Å². The van der Waals surface area contributed by atoms with E-state index in [2.05, 4.69) is 9.72 Å². The number of benzene rings is 1. The molecule has 0 aliphatic rings. The van der Waals surface area contributed by atoms with E-state index < -0.39 is 0 Å². The van der Waals surface area contributed by atoms with Crippen LogP contribution in [0, 0.1) is 13.8 Å². The summed E-state index contributed by atoms with van der Waals surface area (Å²) >= 11 is 6.26. The van der Waals surface area contributed by atoms with Gasteiger partial charge in [0, 0.05) is 17.5 Å². The predicted molar refractivity (Wildman–Crippen MR) is 76.6 cm³/mol. The lowest BCUT2D eigenvalue weighted by atomic mass is 10.0. The SMILES string of the molecule is COC(=O)CCc1cc(C)c2nc(C)cc(Cl)c2c1. The standard InChI is InChI=1S/C15H16ClNO2/c1-9-6-11(4-5-14(18)19-3)8-12-13(16)7-10(2)17-15(9)12/h6-8H,4-5H2,1-3H3. The average molecular weight is 278 g/mol. The molecular formula is C15H16ClNO2. The second kappa shape index (κ2) is 5.57. The number of carbonyl (C=O) groups is 1. The highest BCUT2D eigenvalue weighted by Gasteiger charge is 2.08. The maximum Gasteiger partial charge on any atom is 0.305 e. The van der Waals surface area contributed by atoms with Gasteiger partial charge >= 0.3 is 5.97 Å². The molecule has 19 heavy (non-hydrogen) atoms. The third-order valence-corrected chi connectivity index (χ3v) is 3.40. The van der Waals surface area contributed by atoms with Crippen LogP contribution in [0.3, 0.4) is 0 Å². The van der Waals surface area contributed by atoms with Gasteiger partial charge in [0.2, 0.25) is 0 Å². The molecule has 0 fully saturated rings. The van der Waals surface area contributed by atoms with Crippen LogP contribution in [0.2, 0.25) is 5.02 Å². The number of nitrogens with zero attached hydrogens (tertiary/aromatic N) is 1. The summed E-state index contributed by atoms with van der Waals surface area (Å²) in [4.78, 5) is 15.7. The Bertz CT molecular complexity index is 638. The number of esters is 1. The van der Waals surface area contributed by atoms with Gasteiger partial charge in [-0.1, -0.05) is 17.7 Å². The van der Waals surface area contributed by atoms with Crippen LogP contribution in [0.25, 0.3) is 10.9 Å². The van der Waals surface area contributed by atoms with Crippen molar-refractivity contribution in [2.24, 2.45) is 0 Å². The number of hydrogen-bond acceptors (Lipinski definition) is 3. The van der Waals surface area contributed by atoms with Crippen molar-refractivity contribution >= 4 is 28.5 Å². The topological polar surface area (TPSA) is 39.2 Å². The molecule has 0 saturated carbocycles. The fourth-order valence-electron chi connectivity index (χ4n) is 2.15. The van der Waals surface area contributed by atoms with E-state index in [-0.39, 0.29) is 5.97 Å². The van der Waals surface area contributed by atoms with E-state index in [0.29, 0.717) is 17.9 Å². The molecule has 4 heteroatoms. The molecule has 0 radical (unpaired) electrons. The molecule has 1 aromatic carbocycles. The molecule has 0 unspecified atom stereocenters. The Morgan fingerprint density at radius 1 is 1.32 bits per heavy atom. The molecule has 0 bridgehead atoms. The fraction of sp³-hybridized carbons (Fsp3) is 0.333. The smallest absolute Gasteiger partial charge is 0.305 e. The Balaban J connectivity index is 2.41. The third kappa shape index (κ3) is 3.04. The van der Waals surface area contributed by atoms with E-state index in [1.165, 1.54) is 7.11 Å². The Labute approximate surface area is 117 Å². The lowest BCUT2D eigenvalue weighted by Gasteiger charge is -2.09. The second-order valence-corrected chi connectivity index (χ2v) is 5.04. The van der Waals surface area contributed by atoms with Crippen molar-refractivity contribution in [3.63, 3.8) is 0 Å². The molecule has 0 spiro atoms. The Kier molecular flexibility index (Phi) is 4.05. The first-order valence-electron chi connectivity index (χ1n) is 6.14. The Hall–Kier alpha value is -1.61. The number of methoxy groups -OCH3 is 1. The van der Waals surface area contributed by atoms with E-state index in [1.807, 2.05) is 32.0 Å². The van der Waals surface area contributed by atoms with Gasteiger partial charge in [0.15, 0.2) is 0 Å². The maximum absolute atomic E-state index is 11.2. The number of fused-ring (bicyclic) bond motifs is 1. The van der Waals surface area contributed by atoms with Gasteiger partial charge in [0.1, 0.15) is 0 Å². The molecule has 1 aromatic heterocycles. The summed E-state index contributed by atoms with van der Waals surface area (Å²) in [5.41, 5.74) is 3.97. The third-order valence-electron chi connectivity index (χ3n) is 3.09. The van der Waals surface area contributed by atoms with Gasteiger partial charge in [-0.3, -0.25) is 9.78 Å². The normalized spacial score (nSPS) is 10.7. The molecule has 0 saturated heterocycles. The first-order valence-corrected chi connectivity index (χ1v) is 6.52. The lowest BCUT2D eigenvalue weighted by molar-refractivity contribution is -0.140. The Morgan fingerprint density at radius 3 is 2.74 bits per heavy atom. The van der Waals surface area contributed by atoms with Gasteiger partial charge in [0.05, 0.1) is 17.6 Å². The van der Waals surface area contributed by atoms with E-state index in [0.717, 1.165) is 27.7 Å². The lowest BCUT2D eigenvalue weighted by Crippen LogP contribution is -2.02. The van der Waals surface area contributed by atoms with Crippen molar-refractivity contribution in [3.8, 4) is 0 Å². The first kappa shape index (κ1) is 13.8. The number of aryl methyl sites for hydroxylation is 3. The second-order valence-electron chi connectivity index (χ2n) is 4.63. The van der Waals surface area contributed by atoms with Gasteiger partial charge in [0.25, 0.3) is 0 Å². The van der Waals surface area contributed by atoms with E-state index >= 15 is 0 Å². The molecule has 0 N–H and O–H groups in total. The van der Waals surface area contributed by atoms with Crippen molar-refractivity contribution in [1.29, 1.82) is 0 Å². The molecule has 1 heterocycles. The summed E-state index contributed by atoms with van der Waals surface area (Å²) in [6, 6.07) is 5.90. The van der Waals surface area contributed by atoms with Crippen LogP contribution in [0.4, 0.5) is 0 Å². The van der Waals surface area contributed by atoms with Crippen LogP contribution in [0.5, 0.6) is 0 Å². The van der Waals surface area contributed by atoms with Gasteiger partial charge in [-0.2, -0.15) is 0 Å². The summed E-state index contributed by atoms with van der Waals surface area (Å²) in [5.74, 6) is -0.203. The van der Waals surface area contributed by atoms with Crippen LogP contribution in [-0.4, -0.2) is 18.1 Å². The highest BCUT2D eigenvalue weighted by molar-refractivity contribution is 6.35. The number of rotatable bonds is 3. The predicted octanol–water partition coefficient (Wildman–Crippen LogP) is 3.61. The largest absolute Gasteiger partial charge is 0.469 e. The zero-order valence-corrected chi connectivity index (χ0v) is 12.0. The van der Waals surface area contributed by atoms with Crippen molar-refractivity contribution in [2.45, 2.75) is 26.7 Å². The van der Waals surface area contributed by atoms with Crippen LogP contribution < -0.4 is 0 Å². The van der Waals surface area contributed by atoms with Crippen molar-refractivity contribution in [3.05, 3.63) is 40.0 Å². The Morgan fingerprint density at radius 2 is 2.05 bits per heavy atom. The molecule has 100 valence electrons. The van der Waals surface area contributed by atoms with Crippen molar-refractivity contribution < 1.29 is 9.53 Å². The monoisotopic (exact) mass is 277 g/mol. The number of carbonyl (C=O) groups excluding carboxylic acids is 1. The van der Waals surface area contributed by atoms with E-state index in [1.54, 1.807) is 0 Å². The summed E-state index contributed by atoms with van der Waals surface area (Å²) in [5, 5.41) is 1.64. The van der Waals surface area contributed by atoms with Crippen LogP contribution in [0.15, 0.2) is 18.2 Å². The average Bonchev–Trinajstić information content (AvgIpc) is 2.37. The fourth-order valence-corrected chi connectivity index (χ4v) is 2.45. The molecule has 0 aliphatic heterocycles. The van der Waals surface area contributed by atoms with Crippen molar-refractivity contribution in [2.75, 3.05) is 7.11 Å². The van der Waals surface area contributed by atoms with Gasteiger partial charge in [-0.15, -0.1) is 0 Å². The summed E-state index contributed by atoms with van der Waals surface area (Å²) < 4.78 is 4.65. The molecule has 0 atom stereocenters. The van der Waals surface area contributed by atoms with Crippen LogP contribution in [0.1, 0.15) is 23.2 Å². The molecule has 2 aromatic rings. The number of hydrogen-bond donors (Lipinski definition) is 0. The first-order chi connectivity index (χ1) is 9.01.